The van der Waals surface area contributed by atoms with Gasteiger partial charge in [-0.15, -0.1) is 0 Å². The van der Waals surface area contributed by atoms with Crippen LogP contribution in [0, 0.1) is 6.92 Å². The Morgan fingerprint density at radius 1 is 1.29 bits per heavy atom. The maximum absolute atomic E-state index is 12.1. The lowest BCUT2D eigenvalue weighted by molar-refractivity contribution is 0.408. The van der Waals surface area contributed by atoms with Gasteiger partial charge in [-0.05, 0) is 51.7 Å². The van der Waals surface area contributed by atoms with Gasteiger partial charge in [0.05, 0.1) is 10.6 Å². The molecule has 0 unspecified atom stereocenters. The second-order valence-electron chi connectivity index (χ2n) is 4.45. The van der Waals surface area contributed by atoms with Crippen molar-refractivity contribution < 1.29 is 8.42 Å². The number of nitrogen functional groups attached to an aromatic ring is 1. The quantitative estimate of drug-likeness (QED) is 0.807. The van der Waals surface area contributed by atoms with Crippen molar-refractivity contribution >= 4 is 15.5 Å². The van der Waals surface area contributed by atoms with E-state index in [1.54, 1.807) is 25.1 Å². The number of hydrogen-bond acceptors (Lipinski definition) is 4. The lowest BCUT2D eigenvalue weighted by Crippen LogP contribution is -2.18. The molecule has 0 heterocycles. The highest BCUT2D eigenvalue weighted by Gasteiger charge is 2.17. The molecule has 17 heavy (non-hydrogen) atoms. The zero-order valence-electron chi connectivity index (χ0n) is 10.6. The van der Waals surface area contributed by atoms with Crippen molar-refractivity contribution in [2.24, 2.45) is 0 Å². The van der Waals surface area contributed by atoms with Crippen LogP contribution >= 0.6 is 0 Å². The lowest BCUT2D eigenvalue weighted by atomic mass is 10.2. The van der Waals surface area contributed by atoms with Gasteiger partial charge in [0.15, 0.2) is 9.84 Å². The monoisotopic (exact) mass is 256 g/mol. The van der Waals surface area contributed by atoms with Crippen molar-refractivity contribution in [3.63, 3.8) is 0 Å². The summed E-state index contributed by atoms with van der Waals surface area (Å²) in [6.45, 7) is 2.51. The van der Waals surface area contributed by atoms with Crippen molar-refractivity contribution in [2.45, 2.75) is 18.2 Å². The minimum absolute atomic E-state index is 0.162. The van der Waals surface area contributed by atoms with Crippen LogP contribution in [0.15, 0.2) is 23.1 Å². The van der Waals surface area contributed by atoms with Crippen molar-refractivity contribution in [3.05, 3.63) is 23.8 Å². The molecule has 4 nitrogen and oxygen atoms in total. The van der Waals surface area contributed by atoms with E-state index in [4.69, 9.17) is 5.73 Å². The first-order valence-electron chi connectivity index (χ1n) is 5.57. The van der Waals surface area contributed by atoms with Gasteiger partial charge in [0.2, 0.25) is 0 Å². The third kappa shape index (κ3) is 3.71. The molecular formula is C12H20N2O2S. The van der Waals surface area contributed by atoms with Crippen LogP contribution in [-0.4, -0.2) is 39.7 Å². The smallest absolute Gasteiger partial charge is 0.178 e. The van der Waals surface area contributed by atoms with E-state index in [0.29, 0.717) is 22.6 Å². The molecule has 5 heteroatoms. The molecule has 0 atom stereocenters. The Kier molecular flexibility index (Phi) is 4.54. The second kappa shape index (κ2) is 5.51. The predicted octanol–water partition coefficient (Wildman–Crippen LogP) is 1.30. The third-order valence-electron chi connectivity index (χ3n) is 2.68. The molecule has 0 amide bonds. The van der Waals surface area contributed by atoms with E-state index in [1.807, 2.05) is 19.0 Å². The average Bonchev–Trinajstić information content (AvgIpc) is 2.21. The maximum Gasteiger partial charge on any atom is 0.178 e. The van der Waals surface area contributed by atoms with E-state index in [0.717, 1.165) is 6.54 Å². The molecule has 0 aliphatic carbocycles. The standard InChI is InChI=1S/C12H20N2O2S/c1-10-11(13)6-4-7-12(10)17(15,16)9-5-8-14(2)3/h4,6-7H,5,8-9,13H2,1-3H3. The minimum atomic E-state index is -3.22. The number of sulfone groups is 1. The molecule has 0 fully saturated rings. The van der Waals surface area contributed by atoms with Gasteiger partial charge in [0.1, 0.15) is 0 Å². The minimum Gasteiger partial charge on any atom is -0.398 e. The van der Waals surface area contributed by atoms with Crippen LogP contribution in [0.25, 0.3) is 0 Å². The molecule has 0 bridgehead atoms. The number of anilines is 1. The van der Waals surface area contributed by atoms with Crippen LogP contribution in [0.3, 0.4) is 0 Å². The van der Waals surface area contributed by atoms with Gasteiger partial charge < -0.3 is 10.6 Å². The first kappa shape index (κ1) is 14.0. The van der Waals surface area contributed by atoms with Crippen LogP contribution in [0.2, 0.25) is 0 Å². The Morgan fingerprint density at radius 3 is 2.53 bits per heavy atom. The summed E-state index contributed by atoms with van der Waals surface area (Å²) in [6, 6.07) is 5.02. The molecule has 1 rings (SSSR count). The van der Waals surface area contributed by atoms with Gasteiger partial charge in [0, 0.05) is 5.69 Å². The SMILES string of the molecule is Cc1c(N)cccc1S(=O)(=O)CCCN(C)C. The van der Waals surface area contributed by atoms with Gasteiger partial charge in [0.25, 0.3) is 0 Å². The number of nitrogens with zero attached hydrogens (tertiary/aromatic N) is 1. The molecule has 2 N–H and O–H groups in total. The second-order valence-corrected chi connectivity index (χ2v) is 6.52. The van der Waals surface area contributed by atoms with E-state index in [2.05, 4.69) is 0 Å². The van der Waals surface area contributed by atoms with Crippen LogP contribution in [0.5, 0.6) is 0 Å². The molecule has 0 saturated heterocycles. The average molecular weight is 256 g/mol. The molecule has 1 aromatic carbocycles. The Hall–Kier alpha value is -1.07. The predicted molar refractivity (Wildman–Crippen MR) is 70.8 cm³/mol. The Bertz CT molecular complexity index is 481. The Balaban J connectivity index is 2.87. The van der Waals surface area contributed by atoms with E-state index in [1.165, 1.54) is 0 Å². The molecule has 0 aliphatic heterocycles. The van der Waals surface area contributed by atoms with Crippen LogP contribution in [0.4, 0.5) is 5.69 Å². The first-order chi connectivity index (χ1) is 7.84. The van der Waals surface area contributed by atoms with Gasteiger partial charge in [-0.1, -0.05) is 6.07 Å². The van der Waals surface area contributed by atoms with Crippen molar-refractivity contribution in [3.8, 4) is 0 Å². The summed E-state index contributed by atoms with van der Waals surface area (Å²) < 4.78 is 24.2. The fourth-order valence-corrected chi connectivity index (χ4v) is 3.25. The van der Waals surface area contributed by atoms with Crippen LogP contribution in [0.1, 0.15) is 12.0 Å². The Labute approximate surface area is 103 Å². The molecule has 0 spiro atoms. The summed E-state index contributed by atoms with van der Waals surface area (Å²) in [5.41, 5.74) is 6.90. The maximum atomic E-state index is 12.1. The van der Waals surface area contributed by atoms with Gasteiger partial charge >= 0.3 is 0 Å². The van der Waals surface area contributed by atoms with Crippen molar-refractivity contribution in [2.75, 3.05) is 32.1 Å². The molecule has 0 aliphatic rings. The number of nitrogens with two attached hydrogens (primary N) is 1. The zero-order valence-corrected chi connectivity index (χ0v) is 11.4. The molecule has 1 aromatic rings. The Morgan fingerprint density at radius 2 is 1.94 bits per heavy atom. The van der Waals surface area contributed by atoms with E-state index in [9.17, 15) is 8.42 Å². The topological polar surface area (TPSA) is 63.4 Å². The highest BCUT2D eigenvalue weighted by Crippen LogP contribution is 2.21. The lowest BCUT2D eigenvalue weighted by Gasteiger charge is -2.11. The summed E-state index contributed by atoms with van der Waals surface area (Å²) in [7, 11) is 0.642. The molecule has 0 saturated carbocycles. The molecular weight excluding hydrogens is 236 g/mol. The summed E-state index contributed by atoms with van der Waals surface area (Å²) in [5.74, 6) is 0.162. The van der Waals surface area contributed by atoms with E-state index < -0.39 is 9.84 Å². The van der Waals surface area contributed by atoms with Crippen LogP contribution in [-0.2, 0) is 9.84 Å². The van der Waals surface area contributed by atoms with Crippen molar-refractivity contribution in [1.82, 2.24) is 4.90 Å². The third-order valence-corrected chi connectivity index (χ3v) is 4.62. The fourth-order valence-electron chi connectivity index (χ4n) is 1.65. The van der Waals surface area contributed by atoms with Crippen molar-refractivity contribution in [1.29, 1.82) is 0 Å². The zero-order chi connectivity index (χ0) is 13.1. The number of hydrogen-bond donors (Lipinski definition) is 1. The van der Waals surface area contributed by atoms with Crippen LogP contribution < -0.4 is 5.73 Å². The molecule has 0 radical (unpaired) electrons. The van der Waals surface area contributed by atoms with Gasteiger partial charge in [-0.25, -0.2) is 8.42 Å². The van der Waals surface area contributed by atoms with E-state index >= 15 is 0 Å². The first-order valence-corrected chi connectivity index (χ1v) is 7.22. The highest BCUT2D eigenvalue weighted by molar-refractivity contribution is 7.91. The largest absolute Gasteiger partial charge is 0.398 e. The number of rotatable bonds is 5. The fraction of sp³-hybridized carbons (Fsp3) is 0.500. The normalized spacial score (nSPS) is 12.0. The highest BCUT2D eigenvalue weighted by atomic mass is 32.2. The molecule has 0 aromatic heterocycles. The summed E-state index contributed by atoms with van der Waals surface area (Å²) >= 11 is 0. The summed E-state index contributed by atoms with van der Waals surface area (Å²) in [5, 5.41) is 0. The summed E-state index contributed by atoms with van der Waals surface area (Å²) in [4.78, 5) is 2.33. The number of benzene rings is 1. The molecule has 96 valence electrons. The summed E-state index contributed by atoms with van der Waals surface area (Å²) in [6.07, 6.45) is 0.629. The van der Waals surface area contributed by atoms with E-state index in [-0.39, 0.29) is 5.75 Å². The van der Waals surface area contributed by atoms with Gasteiger partial charge in [-0.3, -0.25) is 0 Å². The van der Waals surface area contributed by atoms with Gasteiger partial charge in [-0.2, -0.15) is 0 Å².